The molecule has 0 bridgehead atoms. The van der Waals surface area contributed by atoms with Crippen LogP contribution in [0.25, 0.3) is 0 Å². The lowest BCUT2D eigenvalue weighted by atomic mass is 10.1. The third kappa shape index (κ3) is 5.42. The van der Waals surface area contributed by atoms with E-state index < -0.39 is 26.0 Å². The fourth-order valence-electron chi connectivity index (χ4n) is 3.58. The number of para-hydroxylation sites is 1. The quantitative estimate of drug-likeness (QED) is 0.264. The van der Waals surface area contributed by atoms with E-state index in [0.717, 1.165) is 5.56 Å². The number of hydrogen-bond donors (Lipinski definition) is 4. The number of hydrogen-bond acceptors (Lipinski definition) is 7. The molecule has 1 heterocycles. The molecule has 1 aliphatic rings. The zero-order valence-electron chi connectivity index (χ0n) is 18.5. The maximum absolute atomic E-state index is 13.3. The topological polar surface area (TPSA) is 177 Å². The van der Waals surface area contributed by atoms with Gasteiger partial charge in [-0.15, -0.1) is 0 Å². The summed E-state index contributed by atoms with van der Waals surface area (Å²) in [5, 5.41) is 17.2. The first-order valence-electron chi connectivity index (χ1n) is 10.2. The fraction of sp³-hybridized carbons (Fsp3) is 0.0455. The SMILES string of the molecule is NS(=O)(=O)c1ccc2c(c1)C(=NNC(=S)Nc1ccccc1S(N)(=O)=O)C(=O)N2Cc1ccccc1. The first-order valence-corrected chi connectivity index (χ1v) is 13.7. The van der Waals surface area contributed by atoms with Gasteiger partial charge in [0.15, 0.2) is 10.8 Å². The number of rotatable bonds is 6. The van der Waals surface area contributed by atoms with Gasteiger partial charge in [-0.1, -0.05) is 42.5 Å². The van der Waals surface area contributed by atoms with Crippen molar-refractivity contribution in [1.82, 2.24) is 5.43 Å². The molecular weight excluding hydrogens is 524 g/mol. The minimum Gasteiger partial charge on any atom is -0.330 e. The number of carbonyl (C=O) groups excluding carboxylic acids is 1. The molecule has 14 heteroatoms. The lowest BCUT2D eigenvalue weighted by Crippen LogP contribution is -2.32. The van der Waals surface area contributed by atoms with Crippen molar-refractivity contribution in [2.45, 2.75) is 16.3 Å². The van der Waals surface area contributed by atoms with Crippen LogP contribution in [0.2, 0.25) is 0 Å². The molecule has 3 aromatic rings. The number of hydrazone groups is 1. The number of thiocarbonyl (C=S) groups is 1. The van der Waals surface area contributed by atoms with E-state index in [1.165, 1.54) is 41.3 Å². The van der Waals surface area contributed by atoms with Gasteiger partial charge in [-0.3, -0.25) is 10.2 Å². The molecule has 11 nitrogen and oxygen atoms in total. The first-order chi connectivity index (χ1) is 16.9. The number of anilines is 2. The van der Waals surface area contributed by atoms with Gasteiger partial charge in [0.1, 0.15) is 4.90 Å². The largest absolute Gasteiger partial charge is 0.330 e. The summed E-state index contributed by atoms with van der Waals surface area (Å²) in [7, 11) is -8.07. The fourth-order valence-corrected chi connectivity index (χ4v) is 4.96. The molecule has 6 N–H and O–H groups in total. The summed E-state index contributed by atoms with van der Waals surface area (Å²) >= 11 is 5.20. The molecule has 36 heavy (non-hydrogen) atoms. The second kappa shape index (κ2) is 9.75. The van der Waals surface area contributed by atoms with Crippen LogP contribution in [0.5, 0.6) is 0 Å². The van der Waals surface area contributed by atoms with Crippen molar-refractivity contribution >= 4 is 60.4 Å². The Morgan fingerprint density at radius 1 is 0.917 bits per heavy atom. The number of primary sulfonamides is 2. The van der Waals surface area contributed by atoms with Crippen LogP contribution in [0.4, 0.5) is 11.4 Å². The third-order valence-electron chi connectivity index (χ3n) is 5.18. The van der Waals surface area contributed by atoms with E-state index in [1.807, 2.05) is 30.3 Å². The predicted molar refractivity (Wildman–Crippen MR) is 139 cm³/mol. The van der Waals surface area contributed by atoms with Crippen molar-refractivity contribution in [2.75, 3.05) is 10.2 Å². The molecule has 0 saturated heterocycles. The molecule has 186 valence electrons. The normalized spacial score (nSPS) is 14.6. The zero-order chi connectivity index (χ0) is 26.1. The number of nitrogens with zero attached hydrogens (tertiary/aromatic N) is 2. The molecule has 0 radical (unpaired) electrons. The van der Waals surface area contributed by atoms with Crippen molar-refractivity contribution in [1.29, 1.82) is 0 Å². The average Bonchev–Trinajstić information content (AvgIpc) is 3.07. The number of fused-ring (bicyclic) bond motifs is 1. The average molecular weight is 545 g/mol. The number of amides is 1. The van der Waals surface area contributed by atoms with E-state index in [0.29, 0.717) is 5.69 Å². The Hall–Kier alpha value is -3.69. The second-order valence-electron chi connectivity index (χ2n) is 7.67. The smallest absolute Gasteiger partial charge is 0.279 e. The number of nitrogens with two attached hydrogens (primary N) is 2. The Kier molecular flexibility index (Phi) is 6.88. The lowest BCUT2D eigenvalue weighted by Gasteiger charge is -2.17. The van der Waals surface area contributed by atoms with Crippen LogP contribution in [0.3, 0.4) is 0 Å². The molecule has 3 aromatic carbocycles. The Labute approximate surface area is 212 Å². The van der Waals surface area contributed by atoms with Gasteiger partial charge in [-0.05, 0) is 48.1 Å². The highest BCUT2D eigenvalue weighted by atomic mass is 32.2. The van der Waals surface area contributed by atoms with E-state index >= 15 is 0 Å². The lowest BCUT2D eigenvalue weighted by molar-refractivity contribution is -0.112. The summed E-state index contributed by atoms with van der Waals surface area (Å²) in [6.45, 7) is 0.213. The molecular formula is C22H20N6O5S3. The molecule has 0 aliphatic carbocycles. The predicted octanol–water partition coefficient (Wildman–Crippen LogP) is 1.22. The Bertz CT molecular complexity index is 1610. The van der Waals surface area contributed by atoms with Gasteiger partial charge in [-0.25, -0.2) is 27.1 Å². The van der Waals surface area contributed by atoms with Crippen LogP contribution in [-0.4, -0.2) is 33.6 Å². The van der Waals surface area contributed by atoms with Gasteiger partial charge in [0.2, 0.25) is 20.0 Å². The monoisotopic (exact) mass is 544 g/mol. The summed E-state index contributed by atoms with van der Waals surface area (Å²) in [6, 6.07) is 19.1. The van der Waals surface area contributed by atoms with Gasteiger partial charge in [0, 0.05) is 5.56 Å². The van der Waals surface area contributed by atoms with Gasteiger partial charge >= 0.3 is 0 Å². The molecule has 1 aliphatic heterocycles. The number of carbonyl (C=O) groups is 1. The van der Waals surface area contributed by atoms with E-state index in [1.54, 1.807) is 6.07 Å². The van der Waals surface area contributed by atoms with Crippen LogP contribution < -0.4 is 25.9 Å². The second-order valence-corrected chi connectivity index (χ2v) is 11.2. The van der Waals surface area contributed by atoms with Crippen molar-refractivity contribution < 1.29 is 21.6 Å². The molecule has 4 rings (SSSR count). The highest BCUT2D eigenvalue weighted by molar-refractivity contribution is 7.89. The minimum absolute atomic E-state index is 0.102. The molecule has 1 amide bonds. The molecule has 0 saturated carbocycles. The maximum Gasteiger partial charge on any atom is 0.279 e. The van der Waals surface area contributed by atoms with E-state index in [2.05, 4.69) is 15.8 Å². The van der Waals surface area contributed by atoms with Crippen LogP contribution >= 0.6 is 12.2 Å². The summed E-state index contributed by atoms with van der Waals surface area (Å²) in [4.78, 5) is 14.4. The Morgan fingerprint density at radius 3 is 2.25 bits per heavy atom. The standard InChI is InChI=1S/C22H20N6O5S3/c23-35(30,31)15-10-11-18-16(12-15)20(21(29)28(18)13-14-6-2-1-3-7-14)26-27-22(34)25-17-8-4-5-9-19(17)36(24,32)33/h1-12H,13H2,(H2,23,30,31)(H2,24,32,33)(H2,25,27,34). The van der Waals surface area contributed by atoms with Crippen LogP contribution in [0.1, 0.15) is 11.1 Å². The highest BCUT2D eigenvalue weighted by Gasteiger charge is 2.35. The molecule has 0 aromatic heterocycles. The van der Waals surface area contributed by atoms with E-state index in [9.17, 15) is 21.6 Å². The van der Waals surface area contributed by atoms with Gasteiger partial charge in [0.05, 0.1) is 22.8 Å². The highest BCUT2D eigenvalue weighted by Crippen LogP contribution is 2.32. The summed E-state index contributed by atoms with van der Waals surface area (Å²) in [6.07, 6.45) is 0. The van der Waals surface area contributed by atoms with Gasteiger partial charge in [0.25, 0.3) is 5.91 Å². The van der Waals surface area contributed by atoms with Gasteiger partial charge in [-0.2, -0.15) is 5.10 Å². The minimum atomic E-state index is -4.04. The van der Waals surface area contributed by atoms with Crippen LogP contribution in [-0.2, 0) is 31.4 Å². The molecule has 0 atom stereocenters. The number of nitrogens with one attached hydrogen (secondary N) is 2. The Morgan fingerprint density at radius 2 is 1.58 bits per heavy atom. The van der Waals surface area contributed by atoms with E-state index in [4.69, 9.17) is 22.5 Å². The third-order valence-corrected chi connectivity index (χ3v) is 7.26. The first kappa shape index (κ1) is 25.4. The molecule has 0 fully saturated rings. The summed E-state index contributed by atoms with van der Waals surface area (Å²) in [5.41, 5.74) is 4.04. The van der Waals surface area contributed by atoms with Crippen LogP contribution in [0.15, 0.2) is 87.7 Å². The molecule has 0 spiro atoms. The van der Waals surface area contributed by atoms with Crippen molar-refractivity contribution in [2.24, 2.45) is 15.4 Å². The van der Waals surface area contributed by atoms with Gasteiger partial charge < -0.3 is 10.2 Å². The number of sulfonamides is 2. The van der Waals surface area contributed by atoms with Crippen molar-refractivity contribution in [3.63, 3.8) is 0 Å². The summed E-state index contributed by atoms with van der Waals surface area (Å²) < 4.78 is 47.5. The van der Waals surface area contributed by atoms with Crippen molar-refractivity contribution in [3.8, 4) is 0 Å². The van der Waals surface area contributed by atoms with Crippen molar-refractivity contribution in [3.05, 3.63) is 83.9 Å². The summed E-state index contributed by atoms with van der Waals surface area (Å²) in [5.74, 6) is -0.499. The van der Waals surface area contributed by atoms with E-state index in [-0.39, 0.29) is 38.4 Å². The molecule has 0 unspecified atom stereocenters. The zero-order valence-corrected chi connectivity index (χ0v) is 20.9. The maximum atomic E-state index is 13.3. The number of benzene rings is 3. The Balaban J connectivity index is 1.66. The van der Waals surface area contributed by atoms with Crippen LogP contribution in [0, 0.1) is 0 Å².